The summed E-state index contributed by atoms with van der Waals surface area (Å²) in [5.74, 6) is 6.11. The number of likely N-dealkylation sites (N-methyl/N-ethyl adjacent to an activating group) is 1. The molecule has 0 atom stereocenters. The summed E-state index contributed by atoms with van der Waals surface area (Å²) < 4.78 is 38.7. The topological polar surface area (TPSA) is 84.9 Å². The van der Waals surface area contributed by atoms with Crippen molar-refractivity contribution in [2.75, 3.05) is 36.9 Å². The Labute approximate surface area is 187 Å². The Hall–Kier alpha value is -2.89. The smallest absolute Gasteiger partial charge is 0.305 e. The minimum atomic E-state index is -3.87. The van der Waals surface area contributed by atoms with Gasteiger partial charge in [0.1, 0.15) is 12.4 Å². The molecule has 0 bridgehead atoms. The Morgan fingerprint density at radius 2 is 2.10 bits per heavy atom. The van der Waals surface area contributed by atoms with Crippen LogP contribution in [-0.4, -0.2) is 41.7 Å². The van der Waals surface area contributed by atoms with Gasteiger partial charge in [-0.05, 0) is 36.8 Å². The number of methoxy groups -OCH3 is 1. The summed E-state index contributed by atoms with van der Waals surface area (Å²) in [5, 5.41) is 0.437. The van der Waals surface area contributed by atoms with Crippen molar-refractivity contribution in [1.29, 1.82) is 0 Å². The van der Waals surface area contributed by atoms with E-state index in [1.54, 1.807) is 30.3 Å². The Balaban J connectivity index is 1.80. The molecule has 0 aliphatic carbocycles. The van der Waals surface area contributed by atoms with Gasteiger partial charge in [-0.3, -0.25) is 9.52 Å². The molecule has 0 fully saturated rings. The highest BCUT2D eigenvalue weighted by molar-refractivity contribution is 7.92. The molecule has 1 aliphatic rings. The molecule has 0 radical (unpaired) electrons. The number of carbonyl (C=O) groups excluding carboxylic acids is 1. The van der Waals surface area contributed by atoms with E-state index in [9.17, 15) is 13.2 Å². The minimum Gasteiger partial charge on any atom is -0.490 e. The van der Waals surface area contributed by atoms with Crippen LogP contribution in [0, 0.1) is 11.8 Å². The van der Waals surface area contributed by atoms with Crippen molar-refractivity contribution in [3.05, 3.63) is 47.0 Å². The summed E-state index contributed by atoms with van der Waals surface area (Å²) in [6.45, 7) is 1.23. The van der Waals surface area contributed by atoms with Crippen molar-refractivity contribution in [1.82, 2.24) is 0 Å². The quantitative estimate of drug-likeness (QED) is 0.400. The predicted octanol–water partition coefficient (Wildman–Crippen LogP) is 3.66. The van der Waals surface area contributed by atoms with Crippen LogP contribution < -0.4 is 14.4 Å². The van der Waals surface area contributed by atoms with E-state index < -0.39 is 10.0 Å². The fourth-order valence-electron chi connectivity index (χ4n) is 3.00. The van der Waals surface area contributed by atoms with Crippen molar-refractivity contribution in [3.63, 3.8) is 0 Å². The maximum Gasteiger partial charge on any atom is 0.305 e. The van der Waals surface area contributed by atoms with E-state index in [1.807, 2.05) is 11.9 Å². The van der Waals surface area contributed by atoms with Crippen LogP contribution in [0.3, 0.4) is 0 Å². The first-order valence-corrected chi connectivity index (χ1v) is 11.5. The lowest BCUT2D eigenvalue weighted by molar-refractivity contribution is -0.140. The Morgan fingerprint density at radius 1 is 1.29 bits per heavy atom. The molecule has 0 amide bonds. The van der Waals surface area contributed by atoms with Crippen LogP contribution in [0.1, 0.15) is 24.8 Å². The summed E-state index contributed by atoms with van der Waals surface area (Å²) in [6, 6.07) is 9.54. The van der Waals surface area contributed by atoms with Gasteiger partial charge in [-0.2, -0.15) is 0 Å². The van der Waals surface area contributed by atoms with E-state index in [4.69, 9.17) is 16.3 Å². The number of fused-ring (bicyclic) bond motifs is 1. The Morgan fingerprint density at radius 3 is 2.87 bits per heavy atom. The van der Waals surface area contributed by atoms with Crippen molar-refractivity contribution >= 4 is 39.0 Å². The molecule has 0 unspecified atom stereocenters. The maximum atomic E-state index is 13.0. The lowest BCUT2D eigenvalue weighted by Gasteiger charge is -2.27. The first kappa shape index (κ1) is 22.8. The highest BCUT2D eigenvalue weighted by Gasteiger charge is 2.21. The zero-order valence-corrected chi connectivity index (χ0v) is 18.8. The van der Waals surface area contributed by atoms with E-state index in [-0.39, 0.29) is 17.3 Å². The molecule has 31 heavy (non-hydrogen) atoms. The molecule has 0 aromatic heterocycles. The van der Waals surface area contributed by atoms with Crippen molar-refractivity contribution < 1.29 is 22.7 Å². The van der Waals surface area contributed by atoms with Crippen LogP contribution in [0.5, 0.6) is 5.75 Å². The zero-order valence-electron chi connectivity index (χ0n) is 17.3. The Kier molecular flexibility index (Phi) is 7.31. The van der Waals surface area contributed by atoms with Gasteiger partial charge in [-0.25, -0.2) is 8.42 Å². The summed E-state index contributed by atoms with van der Waals surface area (Å²) in [5.41, 5.74) is 1.61. The number of halogens is 1. The number of unbranched alkanes of at least 4 members (excludes halogenated alkanes) is 1. The monoisotopic (exact) mass is 462 g/mol. The van der Waals surface area contributed by atoms with Crippen molar-refractivity contribution in [2.45, 2.75) is 24.2 Å². The molecule has 0 saturated heterocycles. The van der Waals surface area contributed by atoms with E-state index in [0.29, 0.717) is 41.5 Å². The second-order valence-electron chi connectivity index (χ2n) is 6.93. The molecule has 164 valence electrons. The second kappa shape index (κ2) is 9.94. The molecule has 9 heteroatoms. The van der Waals surface area contributed by atoms with Crippen LogP contribution in [0.15, 0.2) is 41.3 Å². The van der Waals surface area contributed by atoms with Crippen LogP contribution in [0.2, 0.25) is 5.02 Å². The van der Waals surface area contributed by atoms with Gasteiger partial charge in [-0.1, -0.05) is 23.4 Å². The van der Waals surface area contributed by atoms with Gasteiger partial charge >= 0.3 is 5.97 Å². The normalized spacial score (nSPS) is 12.8. The summed E-state index contributed by atoms with van der Waals surface area (Å²) in [4.78, 5) is 13.3. The van der Waals surface area contributed by atoms with Crippen LogP contribution in [-0.2, 0) is 19.6 Å². The first-order chi connectivity index (χ1) is 14.8. The van der Waals surface area contributed by atoms with Crippen LogP contribution >= 0.6 is 11.6 Å². The highest BCUT2D eigenvalue weighted by Crippen LogP contribution is 2.33. The number of sulfonamides is 1. The fourth-order valence-corrected chi connectivity index (χ4v) is 4.27. The maximum absolute atomic E-state index is 13.0. The van der Waals surface area contributed by atoms with E-state index in [0.717, 1.165) is 12.2 Å². The number of rotatable bonds is 6. The lowest BCUT2D eigenvalue weighted by Crippen LogP contribution is -2.29. The standard InChI is InChI=1S/C22H23ClN2O5S/c1-25-12-13-30-21-15-18(9-11-20(21)25)31(27,28)24-19-10-8-17(23)14-16(19)6-4-3-5-7-22(26)29-2/h8-11,14-15,24H,3,5,7,12-13H2,1-2H3. The summed E-state index contributed by atoms with van der Waals surface area (Å²) in [7, 11) is -0.603. The predicted molar refractivity (Wildman–Crippen MR) is 120 cm³/mol. The molecular weight excluding hydrogens is 440 g/mol. The third kappa shape index (κ3) is 5.84. The van der Waals surface area contributed by atoms with Gasteiger partial charge in [0.05, 0.1) is 35.5 Å². The number of carbonyl (C=O) groups is 1. The Bertz CT molecular complexity index is 1140. The van der Waals surface area contributed by atoms with Gasteiger partial charge in [0.15, 0.2) is 0 Å². The molecule has 0 saturated carbocycles. The van der Waals surface area contributed by atoms with Crippen LogP contribution in [0.25, 0.3) is 0 Å². The minimum absolute atomic E-state index is 0.0912. The number of anilines is 2. The molecule has 7 nitrogen and oxygen atoms in total. The van der Waals surface area contributed by atoms with E-state index >= 15 is 0 Å². The zero-order chi connectivity index (χ0) is 22.4. The van der Waals surface area contributed by atoms with Crippen molar-refractivity contribution in [2.24, 2.45) is 0 Å². The SMILES string of the molecule is COC(=O)CCCC#Cc1cc(Cl)ccc1NS(=O)(=O)c1ccc2c(c1)OCCN2C. The molecule has 1 heterocycles. The summed E-state index contributed by atoms with van der Waals surface area (Å²) >= 11 is 6.07. The largest absolute Gasteiger partial charge is 0.490 e. The summed E-state index contributed by atoms with van der Waals surface area (Å²) in [6.07, 6.45) is 1.28. The number of nitrogens with one attached hydrogen (secondary N) is 1. The molecule has 1 aliphatic heterocycles. The van der Waals surface area contributed by atoms with E-state index in [1.165, 1.54) is 13.2 Å². The number of ether oxygens (including phenoxy) is 2. The van der Waals surface area contributed by atoms with Gasteiger partial charge < -0.3 is 14.4 Å². The van der Waals surface area contributed by atoms with Gasteiger partial charge in [0, 0.05) is 31.0 Å². The molecule has 2 aromatic rings. The number of benzene rings is 2. The third-order valence-electron chi connectivity index (χ3n) is 4.70. The van der Waals surface area contributed by atoms with Gasteiger partial charge in [-0.15, -0.1) is 0 Å². The molecule has 2 aromatic carbocycles. The average Bonchev–Trinajstić information content (AvgIpc) is 2.75. The van der Waals surface area contributed by atoms with Crippen molar-refractivity contribution in [3.8, 4) is 17.6 Å². The third-order valence-corrected chi connectivity index (χ3v) is 6.29. The average molecular weight is 463 g/mol. The first-order valence-electron chi connectivity index (χ1n) is 9.66. The van der Waals surface area contributed by atoms with Crippen LogP contribution in [0.4, 0.5) is 11.4 Å². The fraction of sp³-hybridized carbons (Fsp3) is 0.318. The second-order valence-corrected chi connectivity index (χ2v) is 9.05. The number of esters is 1. The van der Waals surface area contributed by atoms with Gasteiger partial charge in [0.25, 0.3) is 10.0 Å². The number of hydrogen-bond acceptors (Lipinski definition) is 6. The van der Waals surface area contributed by atoms with Gasteiger partial charge in [0.2, 0.25) is 0 Å². The molecule has 3 rings (SSSR count). The molecule has 1 N–H and O–H groups in total. The highest BCUT2D eigenvalue weighted by atomic mass is 35.5. The molecular formula is C22H23ClN2O5S. The number of nitrogens with zero attached hydrogens (tertiary/aromatic N) is 1. The van der Waals surface area contributed by atoms with E-state index in [2.05, 4.69) is 21.3 Å². The number of hydrogen-bond donors (Lipinski definition) is 1. The molecule has 0 spiro atoms. The lowest BCUT2D eigenvalue weighted by atomic mass is 10.1.